The lowest BCUT2D eigenvalue weighted by atomic mass is 10.8. The van der Waals surface area contributed by atoms with Crippen LogP contribution in [0.3, 0.4) is 0 Å². The summed E-state index contributed by atoms with van der Waals surface area (Å²) in [5.41, 5.74) is 0. The van der Waals surface area contributed by atoms with Crippen LogP contribution in [0.4, 0.5) is 13.2 Å². The van der Waals surface area contributed by atoms with Crippen molar-refractivity contribution in [3.05, 3.63) is 0 Å². The van der Waals surface area contributed by atoms with Gasteiger partial charge in [0.25, 0.3) is 0 Å². The van der Waals surface area contributed by atoms with Crippen LogP contribution in [0, 0.1) is 0 Å². The van der Waals surface area contributed by atoms with E-state index < -0.39 is 12.3 Å². The van der Waals surface area contributed by atoms with E-state index in [9.17, 15) is 13.2 Å². The Labute approximate surface area is 35.9 Å². The molecular formula is C2H4F3P. The zero-order chi connectivity index (χ0) is 5.21. The molecule has 0 aliphatic heterocycles. The molecule has 0 aliphatic rings. The average Bonchev–Trinajstić information content (AvgIpc) is 1.35. The number of alkyl halides is 3. The molecule has 0 saturated heterocycles. The molecule has 0 nitrogen and oxygen atoms in total. The Morgan fingerprint density at radius 3 is 1.50 bits per heavy atom. The van der Waals surface area contributed by atoms with Crippen LogP contribution in [0.15, 0.2) is 0 Å². The van der Waals surface area contributed by atoms with Crippen LogP contribution >= 0.6 is 9.24 Å². The van der Waals surface area contributed by atoms with Crippen LogP contribution in [0.5, 0.6) is 0 Å². The molecule has 1 atom stereocenters. The van der Waals surface area contributed by atoms with E-state index in [4.69, 9.17) is 0 Å². The van der Waals surface area contributed by atoms with Crippen LogP contribution in [0.25, 0.3) is 0 Å². The third-order valence-corrected chi connectivity index (χ3v) is 0.694. The Hall–Kier alpha value is 0.220. The molecule has 38 valence electrons. The van der Waals surface area contributed by atoms with Gasteiger partial charge in [-0.15, -0.1) is 9.24 Å². The van der Waals surface area contributed by atoms with E-state index in [1.54, 1.807) is 9.24 Å². The average molecular weight is 116 g/mol. The van der Waals surface area contributed by atoms with E-state index in [0.717, 1.165) is 0 Å². The van der Waals surface area contributed by atoms with E-state index in [1.807, 2.05) is 0 Å². The fourth-order valence-corrected chi connectivity index (χ4v) is 0. The topological polar surface area (TPSA) is 0 Å². The van der Waals surface area contributed by atoms with Gasteiger partial charge in [0.1, 0.15) is 0 Å². The van der Waals surface area contributed by atoms with Crippen LogP contribution in [0.1, 0.15) is 0 Å². The summed E-state index contributed by atoms with van der Waals surface area (Å²) in [6, 6.07) is 0. The Balaban J connectivity index is 3.17. The van der Waals surface area contributed by atoms with Gasteiger partial charge in [0.2, 0.25) is 0 Å². The normalized spacial score (nSPS) is 12.0. The Morgan fingerprint density at radius 2 is 1.50 bits per heavy atom. The van der Waals surface area contributed by atoms with Gasteiger partial charge in [-0.2, -0.15) is 13.2 Å². The van der Waals surface area contributed by atoms with Crippen molar-refractivity contribution in [1.29, 1.82) is 0 Å². The lowest BCUT2D eigenvalue weighted by Gasteiger charge is -1.96. The summed E-state index contributed by atoms with van der Waals surface area (Å²) in [7, 11) is 1.60. The summed E-state index contributed by atoms with van der Waals surface area (Å²) < 4.78 is 32.3. The van der Waals surface area contributed by atoms with Crippen molar-refractivity contribution < 1.29 is 13.2 Å². The molecule has 0 spiro atoms. The molecule has 0 aromatic carbocycles. The van der Waals surface area contributed by atoms with Crippen LogP contribution in [-0.2, 0) is 0 Å². The molecular weight excluding hydrogens is 112 g/mol. The summed E-state index contributed by atoms with van der Waals surface area (Å²) in [5, 5.41) is 0. The fraction of sp³-hybridized carbons (Fsp3) is 1.00. The highest BCUT2D eigenvalue weighted by atomic mass is 31.0. The maximum atomic E-state index is 10.8. The third kappa shape index (κ3) is 4.22. The van der Waals surface area contributed by atoms with E-state index in [1.165, 1.54) is 0 Å². The molecule has 0 aliphatic carbocycles. The first-order valence-electron chi connectivity index (χ1n) is 1.33. The number of rotatable bonds is 0. The van der Waals surface area contributed by atoms with Gasteiger partial charge >= 0.3 is 6.18 Å². The van der Waals surface area contributed by atoms with Crippen LogP contribution in [0.2, 0.25) is 0 Å². The molecule has 0 amide bonds. The second-order valence-corrected chi connectivity index (χ2v) is 1.23. The maximum Gasteiger partial charge on any atom is 0.392 e. The highest BCUT2D eigenvalue weighted by Crippen LogP contribution is 2.16. The lowest BCUT2D eigenvalue weighted by Crippen LogP contribution is -2.07. The summed E-state index contributed by atoms with van der Waals surface area (Å²) in [5.74, 6) is 0. The molecule has 0 rings (SSSR count). The third-order valence-electron chi connectivity index (χ3n) is 0.231. The Bertz CT molecular complexity index is 38.5. The van der Waals surface area contributed by atoms with Crippen LogP contribution in [-0.4, -0.2) is 12.3 Å². The van der Waals surface area contributed by atoms with Crippen LogP contribution < -0.4 is 0 Å². The second kappa shape index (κ2) is 1.78. The molecule has 0 bridgehead atoms. The summed E-state index contributed by atoms with van der Waals surface area (Å²) in [4.78, 5) is 0. The molecule has 0 saturated carbocycles. The minimum atomic E-state index is -4.00. The first-order chi connectivity index (χ1) is 2.56. The Kier molecular flexibility index (Phi) is 1.85. The first kappa shape index (κ1) is 6.22. The minimum Gasteiger partial charge on any atom is -0.171 e. The first-order valence-corrected chi connectivity index (χ1v) is 2.15. The summed E-state index contributed by atoms with van der Waals surface area (Å²) >= 11 is 0. The molecule has 0 N–H and O–H groups in total. The molecule has 0 aromatic heterocycles. The van der Waals surface area contributed by atoms with Gasteiger partial charge in [-0.1, -0.05) is 0 Å². The van der Waals surface area contributed by atoms with Crippen molar-refractivity contribution in [2.75, 3.05) is 6.16 Å². The van der Waals surface area contributed by atoms with Gasteiger partial charge in [0.05, 0.1) is 6.16 Å². The number of halogens is 3. The zero-order valence-corrected chi connectivity index (χ0v) is 4.07. The van der Waals surface area contributed by atoms with Crippen molar-refractivity contribution in [1.82, 2.24) is 0 Å². The van der Waals surface area contributed by atoms with E-state index in [0.29, 0.717) is 0 Å². The van der Waals surface area contributed by atoms with Gasteiger partial charge in [-0.25, -0.2) is 0 Å². The predicted molar refractivity (Wildman–Crippen MR) is 20.6 cm³/mol. The summed E-state index contributed by atoms with van der Waals surface area (Å²) in [6.07, 6.45) is -4.81. The lowest BCUT2D eigenvalue weighted by molar-refractivity contribution is -0.105. The number of hydrogen-bond donors (Lipinski definition) is 0. The predicted octanol–water partition coefficient (Wildman–Crippen LogP) is 1.42. The SMILES string of the molecule is FC(F)(F)CP. The Morgan fingerprint density at radius 1 is 1.33 bits per heavy atom. The zero-order valence-electron chi connectivity index (χ0n) is 2.92. The largest absolute Gasteiger partial charge is 0.392 e. The van der Waals surface area contributed by atoms with Crippen molar-refractivity contribution in [3.63, 3.8) is 0 Å². The molecule has 6 heavy (non-hydrogen) atoms. The summed E-state index contributed by atoms with van der Waals surface area (Å²) in [6.45, 7) is 0. The van der Waals surface area contributed by atoms with Gasteiger partial charge in [-0.05, 0) is 0 Å². The van der Waals surface area contributed by atoms with Gasteiger partial charge in [0, 0.05) is 0 Å². The van der Waals surface area contributed by atoms with Crippen molar-refractivity contribution in [3.8, 4) is 0 Å². The van der Waals surface area contributed by atoms with Crippen molar-refractivity contribution in [2.24, 2.45) is 0 Å². The number of hydrogen-bond acceptors (Lipinski definition) is 0. The second-order valence-electron chi connectivity index (χ2n) is 0.819. The van der Waals surface area contributed by atoms with Gasteiger partial charge in [-0.3, -0.25) is 0 Å². The van der Waals surface area contributed by atoms with E-state index >= 15 is 0 Å². The van der Waals surface area contributed by atoms with E-state index in [-0.39, 0.29) is 0 Å². The monoisotopic (exact) mass is 116 g/mol. The van der Waals surface area contributed by atoms with Crippen molar-refractivity contribution >= 4 is 9.24 Å². The molecule has 0 aromatic rings. The highest BCUT2D eigenvalue weighted by Gasteiger charge is 2.22. The van der Waals surface area contributed by atoms with E-state index in [2.05, 4.69) is 0 Å². The highest BCUT2D eigenvalue weighted by molar-refractivity contribution is 7.16. The fourth-order valence-electron chi connectivity index (χ4n) is 0. The molecule has 0 radical (unpaired) electrons. The maximum absolute atomic E-state index is 10.8. The molecule has 4 heteroatoms. The quantitative estimate of drug-likeness (QED) is 0.420. The standard InChI is InChI=1S/C2H4F3P/c3-2(4,5)1-6/h1,6H2. The molecule has 0 fully saturated rings. The smallest absolute Gasteiger partial charge is 0.171 e. The van der Waals surface area contributed by atoms with Gasteiger partial charge in [0.15, 0.2) is 0 Å². The van der Waals surface area contributed by atoms with Crippen molar-refractivity contribution in [2.45, 2.75) is 6.18 Å². The molecule has 1 unspecified atom stereocenters. The minimum absolute atomic E-state index is 0.812. The van der Waals surface area contributed by atoms with Gasteiger partial charge < -0.3 is 0 Å². The molecule has 0 heterocycles.